The molecule has 3 N–H and O–H groups in total. The van der Waals surface area contributed by atoms with Crippen LogP contribution in [0.4, 0.5) is 5.13 Å². The fourth-order valence-electron chi connectivity index (χ4n) is 0.866. The lowest BCUT2D eigenvalue weighted by Gasteiger charge is -2.08. The molecular formula is C8H14ClN3O2S. The maximum Gasteiger partial charge on any atom is 0.245 e. The molecule has 0 saturated carbocycles. The van der Waals surface area contributed by atoms with E-state index < -0.39 is 6.04 Å². The third kappa shape index (κ3) is 4.57. The number of hydrogen-bond acceptors (Lipinski definition) is 5. The number of rotatable bonds is 4. The summed E-state index contributed by atoms with van der Waals surface area (Å²) in [5.74, 6) is -0.277. The minimum absolute atomic E-state index is 0. The molecule has 7 heteroatoms. The summed E-state index contributed by atoms with van der Waals surface area (Å²) in [6.45, 7) is 2.12. The molecule has 1 amide bonds. The number of aryl methyl sites for hydroxylation is 1. The van der Waals surface area contributed by atoms with Gasteiger partial charge in [-0.15, -0.1) is 23.7 Å². The summed E-state index contributed by atoms with van der Waals surface area (Å²) in [7, 11) is 1.50. The Bertz CT molecular complexity index is 319. The van der Waals surface area contributed by atoms with Crippen LogP contribution in [0.3, 0.4) is 0 Å². The standard InChI is InChI=1S/C8H13N3O2S.ClH/c1-5-3-10-8(14-5)11-7(12)6(9)4-13-2;/h3,6H,4,9H2,1-2H3,(H,10,11,12);1H. The van der Waals surface area contributed by atoms with Crippen molar-refractivity contribution < 1.29 is 9.53 Å². The molecule has 0 aromatic carbocycles. The smallest absolute Gasteiger partial charge is 0.245 e. The van der Waals surface area contributed by atoms with E-state index in [1.165, 1.54) is 18.4 Å². The molecule has 1 heterocycles. The molecule has 0 aliphatic carbocycles. The van der Waals surface area contributed by atoms with Crippen molar-refractivity contribution in [3.8, 4) is 0 Å². The van der Waals surface area contributed by atoms with Crippen LogP contribution in [-0.2, 0) is 9.53 Å². The zero-order valence-corrected chi connectivity index (χ0v) is 10.2. The van der Waals surface area contributed by atoms with Crippen LogP contribution < -0.4 is 11.1 Å². The summed E-state index contributed by atoms with van der Waals surface area (Å²) >= 11 is 1.41. The summed E-state index contributed by atoms with van der Waals surface area (Å²) in [4.78, 5) is 16.4. The molecule has 0 aliphatic rings. The van der Waals surface area contributed by atoms with E-state index in [4.69, 9.17) is 10.5 Å². The topological polar surface area (TPSA) is 77.2 Å². The van der Waals surface area contributed by atoms with Gasteiger partial charge in [-0.2, -0.15) is 0 Å². The van der Waals surface area contributed by atoms with E-state index >= 15 is 0 Å². The summed E-state index contributed by atoms with van der Waals surface area (Å²) in [5, 5.41) is 3.18. The first-order valence-corrected chi connectivity index (χ1v) is 4.93. The van der Waals surface area contributed by atoms with Crippen LogP contribution in [0, 0.1) is 6.92 Å². The Labute approximate surface area is 98.4 Å². The van der Waals surface area contributed by atoms with Gasteiger partial charge in [0.25, 0.3) is 0 Å². The second-order valence-corrected chi connectivity index (χ2v) is 4.06. The van der Waals surface area contributed by atoms with E-state index in [2.05, 4.69) is 10.3 Å². The highest BCUT2D eigenvalue weighted by molar-refractivity contribution is 7.15. The molecule has 86 valence electrons. The second-order valence-electron chi connectivity index (χ2n) is 2.83. The van der Waals surface area contributed by atoms with E-state index in [1.54, 1.807) is 6.20 Å². The quantitative estimate of drug-likeness (QED) is 0.829. The van der Waals surface area contributed by atoms with Gasteiger partial charge in [0.15, 0.2) is 5.13 Å². The molecule has 0 fully saturated rings. The largest absolute Gasteiger partial charge is 0.383 e. The fourth-order valence-corrected chi connectivity index (χ4v) is 1.53. The summed E-state index contributed by atoms with van der Waals surface area (Å²) in [6, 6.07) is -0.649. The SMILES string of the molecule is COCC(N)C(=O)Nc1ncc(C)s1.Cl. The van der Waals surface area contributed by atoms with Crippen molar-refractivity contribution in [2.45, 2.75) is 13.0 Å². The van der Waals surface area contributed by atoms with Crippen LogP contribution in [0.25, 0.3) is 0 Å². The van der Waals surface area contributed by atoms with Crippen LogP contribution in [-0.4, -0.2) is 30.6 Å². The van der Waals surface area contributed by atoms with Gasteiger partial charge in [0.2, 0.25) is 5.91 Å². The molecule has 0 radical (unpaired) electrons. The van der Waals surface area contributed by atoms with Gasteiger partial charge in [0.05, 0.1) is 6.61 Å². The number of ether oxygens (including phenoxy) is 1. The summed E-state index contributed by atoms with van der Waals surface area (Å²) in [5.41, 5.74) is 5.52. The van der Waals surface area contributed by atoms with E-state index in [1.807, 2.05) is 6.92 Å². The van der Waals surface area contributed by atoms with Crippen molar-refractivity contribution in [2.24, 2.45) is 5.73 Å². The lowest BCUT2D eigenvalue weighted by Crippen LogP contribution is -2.39. The average Bonchev–Trinajstić information content (AvgIpc) is 2.51. The molecule has 1 atom stereocenters. The van der Waals surface area contributed by atoms with Crippen LogP contribution >= 0.6 is 23.7 Å². The maximum atomic E-state index is 11.4. The first-order valence-electron chi connectivity index (χ1n) is 4.11. The Kier molecular flexibility index (Phi) is 6.42. The van der Waals surface area contributed by atoms with Crippen molar-refractivity contribution in [2.75, 3.05) is 19.0 Å². The number of aromatic nitrogens is 1. The predicted molar refractivity (Wildman–Crippen MR) is 62.6 cm³/mol. The van der Waals surface area contributed by atoms with Gasteiger partial charge in [-0.05, 0) is 6.92 Å². The molecule has 0 bridgehead atoms. The van der Waals surface area contributed by atoms with E-state index in [-0.39, 0.29) is 24.9 Å². The zero-order valence-electron chi connectivity index (χ0n) is 8.52. The van der Waals surface area contributed by atoms with Crippen molar-refractivity contribution in [1.29, 1.82) is 0 Å². The number of thiazole rings is 1. The monoisotopic (exact) mass is 251 g/mol. The lowest BCUT2D eigenvalue weighted by atomic mass is 10.3. The number of carbonyl (C=O) groups excluding carboxylic acids is 1. The third-order valence-corrected chi connectivity index (χ3v) is 2.36. The number of amides is 1. The Balaban J connectivity index is 0.00000196. The van der Waals surface area contributed by atoms with Gasteiger partial charge in [-0.1, -0.05) is 0 Å². The number of carbonyl (C=O) groups is 1. The molecule has 0 saturated heterocycles. The van der Waals surface area contributed by atoms with Gasteiger partial charge >= 0.3 is 0 Å². The number of nitrogens with zero attached hydrogens (tertiary/aromatic N) is 1. The van der Waals surface area contributed by atoms with Gasteiger partial charge in [-0.3, -0.25) is 4.79 Å². The first kappa shape index (κ1) is 14.3. The Hall–Kier alpha value is -0.690. The van der Waals surface area contributed by atoms with Gasteiger partial charge in [-0.25, -0.2) is 4.98 Å². The molecule has 1 unspecified atom stereocenters. The highest BCUT2D eigenvalue weighted by atomic mass is 35.5. The van der Waals surface area contributed by atoms with Gasteiger partial charge in [0, 0.05) is 18.2 Å². The van der Waals surface area contributed by atoms with Crippen molar-refractivity contribution in [1.82, 2.24) is 4.98 Å². The van der Waals surface area contributed by atoms with Crippen LogP contribution in [0.1, 0.15) is 4.88 Å². The van der Waals surface area contributed by atoms with Gasteiger partial charge in [0.1, 0.15) is 6.04 Å². The number of nitrogens with two attached hydrogens (primary N) is 1. The molecular weight excluding hydrogens is 238 g/mol. The number of halogens is 1. The highest BCUT2D eigenvalue weighted by Gasteiger charge is 2.14. The number of nitrogens with one attached hydrogen (secondary N) is 1. The Morgan fingerprint density at radius 1 is 1.80 bits per heavy atom. The number of hydrogen-bond donors (Lipinski definition) is 2. The summed E-state index contributed by atoms with van der Waals surface area (Å²) < 4.78 is 4.76. The molecule has 0 aliphatic heterocycles. The average molecular weight is 252 g/mol. The normalized spacial score (nSPS) is 11.7. The predicted octanol–water partition coefficient (Wildman–Crippen LogP) is 0.786. The molecule has 1 aromatic rings. The minimum Gasteiger partial charge on any atom is -0.383 e. The van der Waals surface area contributed by atoms with E-state index in [9.17, 15) is 4.79 Å². The highest BCUT2D eigenvalue weighted by Crippen LogP contribution is 2.16. The number of methoxy groups -OCH3 is 1. The van der Waals surface area contributed by atoms with Crippen LogP contribution in [0.5, 0.6) is 0 Å². The van der Waals surface area contributed by atoms with Crippen LogP contribution in [0.15, 0.2) is 6.20 Å². The first-order chi connectivity index (χ1) is 6.63. The van der Waals surface area contributed by atoms with E-state index in [0.29, 0.717) is 5.13 Å². The Morgan fingerprint density at radius 3 is 2.93 bits per heavy atom. The lowest BCUT2D eigenvalue weighted by molar-refractivity contribution is -0.118. The van der Waals surface area contributed by atoms with Crippen molar-refractivity contribution in [3.05, 3.63) is 11.1 Å². The van der Waals surface area contributed by atoms with Crippen molar-refractivity contribution >= 4 is 34.8 Å². The number of anilines is 1. The molecule has 1 aromatic heterocycles. The third-order valence-electron chi connectivity index (χ3n) is 1.53. The molecule has 15 heavy (non-hydrogen) atoms. The zero-order chi connectivity index (χ0) is 10.6. The fraction of sp³-hybridized carbons (Fsp3) is 0.500. The van der Waals surface area contributed by atoms with E-state index in [0.717, 1.165) is 4.88 Å². The van der Waals surface area contributed by atoms with Crippen molar-refractivity contribution in [3.63, 3.8) is 0 Å². The van der Waals surface area contributed by atoms with Crippen LogP contribution in [0.2, 0.25) is 0 Å². The molecule has 5 nitrogen and oxygen atoms in total. The summed E-state index contributed by atoms with van der Waals surface area (Å²) in [6.07, 6.45) is 1.70. The molecule has 1 rings (SSSR count). The molecule has 0 spiro atoms. The van der Waals surface area contributed by atoms with Gasteiger partial charge < -0.3 is 15.8 Å². The minimum atomic E-state index is -0.649. The Morgan fingerprint density at radius 2 is 2.47 bits per heavy atom. The maximum absolute atomic E-state index is 11.4. The second kappa shape index (κ2) is 6.73.